The zero-order chi connectivity index (χ0) is 32.8. The molecule has 0 radical (unpaired) electrons. The van der Waals surface area contributed by atoms with E-state index in [1.165, 1.54) is 30.2 Å². The van der Waals surface area contributed by atoms with Crippen molar-refractivity contribution in [2.24, 2.45) is 5.41 Å². The molecule has 0 saturated carbocycles. The topological polar surface area (TPSA) is 105 Å². The van der Waals surface area contributed by atoms with Crippen LogP contribution in [0.5, 0.6) is 17.2 Å². The molecular weight excluding hydrogens is 607 g/mol. The molecule has 8 nitrogen and oxygen atoms in total. The van der Waals surface area contributed by atoms with Gasteiger partial charge in [0, 0.05) is 17.3 Å². The van der Waals surface area contributed by atoms with Crippen molar-refractivity contribution in [3.8, 4) is 17.2 Å². The number of phenolic OH excluding ortho intramolecular Hbond substituents is 1. The van der Waals surface area contributed by atoms with Crippen LogP contribution in [0.25, 0.3) is 0 Å². The van der Waals surface area contributed by atoms with Gasteiger partial charge in [-0.2, -0.15) is 0 Å². The molecule has 1 unspecified atom stereocenters. The summed E-state index contributed by atoms with van der Waals surface area (Å²) in [4.78, 5) is 15.9. The molecule has 2 aliphatic heterocycles. The highest BCUT2D eigenvalue weighted by Gasteiger charge is 2.48. The van der Waals surface area contributed by atoms with E-state index in [0.29, 0.717) is 5.70 Å². The minimum atomic E-state index is -4.08. The van der Waals surface area contributed by atoms with Crippen LogP contribution >= 0.6 is 0 Å². The number of aromatic hydroxyl groups is 1. The fraction of sp³-hybridized carbons (Fsp3) is 0.250. The number of hydrogen-bond donors (Lipinski definition) is 2. The molecule has 6 rings (SSSR count). The van der Waals surface area contributed by atoms with Gasteiger partial charge in [-0.3, -0.25) is 9.69 Å². The molecule has 10 heteroatoms. The molecular formula is C36H35FN2O6S. The molecule has 1 atom stereocenters. The summed E-state index contributed by atoms with van der Waals surface area (Å²) < 4.78 is 56.3. The Bertz CT molecular complexity index is 1970. The number of sulfone groups is 1. The van der Waals surface area contributed by atoms with Crippen molar-refractivity contribution < 1.29 is 32.2 Å². The molecule has 4 aromatic carbocycles. The Labute approximate surface area is 268 Å². The largest absolute Gasteiger partial charge is 0.506 e. The van der Waals surface area contributed by atoms with E-state index in [9.17, 15) is 18.3 Å². The van der Waals surface area contributed by atoms with Crippen LogP contribution in [0.2, 0.25) is 0 Å². The lowest BCUT2D eigenvalue weighted by atomic mass is 9.88. The van der Waals surface area contributed by atoms with E-state index in [1.807, 2.05) is 51.1 Å². The van der Waals surface area contributed by atoms with Crippen molar-refractivity contribution in [1.82, 2.24) is 0 Å². The van der Waals surface area contributed by atoms with Crippen molar-refractivity contribution in [2.75, 3.05) is 23.1 Å². The Kier molecular flexibility index (Phi) is 8.02. The number of para-hydroxylation sites is 1. The standard InChI is InChI=1S/C36H35FN2O6S/c1-22-13-16-31(44-4)26(17-22)35(41)39-29-11-8-12-30(40)32(29)38-28-19-36(2,3)21-46(42,43)34(28)33(39)25-15-14-24(18-27(25)37)45-20-23-9-6-5-7-10-23/h5-18,33,38,40H,19-21H2,1-4H3. The third-order valence-electron chi connectivity index (χ3n) is 8.25. The second-order valence-corrected chi connectivity index (χ2v) is 14.4. The number of fused-ring (bicyclic) bond motifs is 1. The number of benzene rings is 4. The van der Waals surface area contributed by atoms with Crippen LogP contribution in [-0.4, -0.2) is 32.3 Å². The second-order valence-electron chi connectivity index (χ2n) is 12.5. The third kappa shape index (κ3) is 5.80. The first-order valence-electron chi connectivity index (χ1n) is 14.9. The molecule has 2 aliphatic rings. The highest BCUT2D eigenvalue weighted by atomic mass is 32.2. The van der Waals surface area contributed by atoms with E-state index in [1.54, 1.807) is 36.4 Å². The van der Waals surface area contributed by atoms with Gasteiger partial charge in [0.05, 0.1) is 29.0 Å². The number of carbonyl (C=O) groups is 1. The van der Waals surface area contributed by atoms with Crippen LogP contribution in [-0.2, 0) is 16.4 Å². The number of allylic oxidation sites excluding steroid dienone is 1. The van der Waals surface area contributed by atoms with Gasteiger partial charge >= 0.3 is 0 Å². The number of methoxy groups -OCH3 is 1. The van der Waals surface area contributed by atoms with Gasteiger partial charge in [-0.25, -0.2) is 12.8 Å². The number of hydrogen-bond acceptors (Lipinski definition) is 7. The van der Waals surface area contributed by atoms with Crippen molar-refractivity contribution in [1.29, 1.82) is 0 Å². The minimum absolute atomic E-state index is 0.0409. The summed E-state index contributed by atoms with van der Waals surface area (Å²) >= 11 is 0. The van der Waals surface area contributed by atoms with E-state index in [-0.39, 0.29) is 63.4 Å². The number of nitrogens with zero attached hydrogens (tertiary/aromatic N) is 1. The predicted molar refractivity (Wildman–Crippen MR) is 175 cm³/mol. The normalized spacial score (nSPS) is 18.1. The summed E-state index contributed by atoms with van der Waals surface area (Å²) in [7, 11) is -2.64. The number of aryl methyl sites for hydroxylation is 1. The molecule has 0 saturated heterocycles. The smallest absolute Gasteiger partial charge is 0.262 e. The summed E-state index contributed by atoms with van der Waals surface area (Å²) in [5, 5.41) is 14.2. The molecule has 4 aromatic rings. The number of ether oxygens (including phenoxy) is 2. The number of phenols is 1. The quantitative estimate of drug-likeness (QED) is 0.213. The second kappa shape index (κ2) is 11.8. The van der Waals surface area contributed by atoms with Gasteiger partial charge in [0.2, 0.25) is 0 Å². The van der Waals surface area contributed by atoms with Gasteiger partial charge in [0.15, 0.2) is 9.84 Å². The molecule has 0 aromatic heterocycles. The fourth-order valence-corrected chi connectivity index (χ4v) is 8.65. The van der Waals surface area contributed by atoms with Crippen LogP contribution in [0.15, 0.2) is 95.5 Å². The molecule has 238 valence electrons. The van der Waals surface area contributed by atoms with Crippen LogP contribution in [0.4, 0.5) is 15.8 Å². The van der Waals surface area contributed by atoms with E-state index in [0.717, 1.165) is 11.1 Å². The van der Waals surface area contributed by atoms with Crippen LogP contribution < -0.4 is 19.7 Å². The third-order valence-corrected chi connectivity index (χ3v) is 10.6. The summed E-state index contributed by atoms with van der Waals surface area (Å²) in [5.74, 6) is -1.27. The molecule has 1 amide bonds. The summed E-state index contributed by atoms with van der Waals surface area (Å²) in [6.45, 7) is 5.69. The monoisotopic (exact) mass is 642 g/mol. The highest BCUT2D eigenvalue weighted by molar-refractivity contribution is 7.95. The molecule has 0 spiro atoms. The molecule has 2 N–H and O–H groups in total. The maximum absolute atomic E-state index is 16.4. The van der Waals surface area contributed by atoms with E-state index < -0.39 is 33.0 Å². The Morgan fingerprint density at radius 2 is 1.80 bits per heavy atom. The van der Waals surface area contributed by atoms with Crippen LogP contribution in [0.1, 0.15) is 53.4 Å². The first-order valence-corrected chi connectivity index (χ1v) is 16.5. The number of rotatable bonds is 6. The van der Waals surface area contributed by atoms with E-state index >= 15 is 4.39 Å². The van der Waals surface area contributed by atoms with E-state index in [2.05, 4.69) is 5.32 Å². The average molecular weight is 643 g/mol. The van der Waals surface area contributed by atoms with Gasteiger partial charge in [0.1, 0.15) is 41.4 Å². The van der Waals surface area contributed by atoms with Gasteiger partial charge in [-0.15, -0.1) is 0 Å². The number of anilines is 2. The average Bonchev–Trinajstić information content (AvgIpc) is 3.15. The van der Waals surface area contributed by atoms with Crippen molar-refractivity contribution in [2.45, 2.75) is 39.8 Å². The van der Waals surface area contributed by atoms with Crippen molar-refractivity contribution >= 4 is 27.1 Å². The van der Waals surface area contributed by atoms with Gasteiger partial charge in [-0.05, 0) is 60.7 Å². The molecule has 46 heavy (non-hydrogen) atoms. The van der Waals surface area contributed by atoms with Gasteiger partial charge < -0.3 is 19.9 Å². The maximum Gasteiger partial charge on any atom is 0.262 e. The number of nitrogens with one attached hydrogen (secondary N) is 1. The molecule has 0 bridgehead atoms. The zero-order valence-corrected chi connectivity index (χ0v) is 26.8. The lowest BCUT2D eigenvalue weighted by molar-refractivity contribution is 0.0977. The van der Waals surface area contributed by atoms with Crippen molar-refractivity contribution in [3.05, 3.63) is 124 Å². The number of carbonyl (C=O) groups excluding carboxylic acids is 1. The predicted octanol–water partition coefficient (Wildman–Crippen LogP) is 7.30. The van der Waals surface area contributed by atoms with Crippen LogP contribution in [0.3, 0.4) is 0 Å². The first kappa shape index (κ1) is 31.2. The first-order chi connectivity index (χ1) is 21.9. The lowest BCUT2D eigenvalue weighted by Gasteiger charge is -2.37. The Morgan fingerprint density at radius 1 is 1.04 bits per heavy atom. The summed E-state index contributed by atoms with van der Waals surface area (Å²) in [6.07, 6.45) is 0.279. The summed E-state index contributed by atoms with van der Waals surface area (Å²) in [5.41, 5.74) is 1.73. The molecule has 2 heterocycles. The Morgan fingerprint density at radius 3 is 2.52 bits per heavy atom. The number of amides is 1. The lowest BCUT2D eigenvalue weighted by Crippen LogP contribution is -2.41. The highest BCUT2D eigenvalue weighted by Crippen LogP contribution is 2.52. The number of halogens is 1. The van der Waals surface area contributed by atoms with E-state index in [4.69, 9.17) is 9.47 Å². The molecule has 0 aliphatic carbocycles. The van der Waals surface area contributed by atoms with Crippen molar-refractivity contribution in [3.63, 3.8) is 0 Å². The summed E-state index contributed by atoms with van der Waals surface area (Å²) in [6, 6.07) is 21.9. The zero-order valence-electron chi connectivity index (χ0n) is 26.0. The van der Waals surface area contributed by atoms with Gasteiger partial charge in [-0.1, -0.05) is 61.9 Å². The Balaban J connectivity index is 1.58. The fourth-order valence-electron chi connectivity index (χ4n) is 6.29. The van der Waals surface area contributed by atoms with Gasteiger partial charge in [0.25, 0.3) is 5.91 Å². The minimum Gasteiger partial charge on any atom is -0.506 e. The SMILES string of the molecule is COc1ccc(C)cc1C(=O)N1c2cccc(O)c2NC2=C(C1c1ccc(OCc3ccccc3)cc1F)S(=O)(=O)CC(C)(C)C2. The molecule has 0 fully saturated rings. The Hall–Kier alpha value is -4.83. The maximum atomic E-state index is 16.4. The van der Waals surface area contributed by atoms with Crippen LogP contribution in [0, 0.1) is 18.2 Å².